The van der Waals surface area contributed by atoms with Crippen molar-refractivity contribution in [1.29, 1.82) is 0 Å². The first-order valence-corrected chi connectivity index (χ1v) is 7.04. The van der Waals surface area contributed by atoms with E-state index in [1.54, 1.807) is 17.8 Å². The Kier molecular flexibility index (Phi) is 4.49. The Morgan fingerprint density at radius 1 is 1.44 bits per heavy atom. The van der Waals surface area contributed by atoms with Crippen LogP contribution < -0.4 is 5.73 Å². The van der Waals surface area contributed by atoms with Crippen LogP contribution in [0, 0.1) is 0 Å². The lowest BCUT2D eigenvalue weighted by Crippen LogP contribution is -1.87. The van der Waals surface area contributed by atoms with Gasteiger partial charge in [0.2, 0.25) is 5.89 Å². The minimum absolute atomic E-state index is 0.567. The summed E-state index contributed by atoms with van der Waals surface area (Å²) in [6.45, 7) is 2.08. The van der Waals surface area contributed by atoms with Crippen LogP contribution in [-0.2, 0) is 12.2 Å². The van der Waals surface area contributed by atoms with Crippen LogP contribution in [0.2, 0.25) is 5.02 Å². The highest BCUT2D eigenvalue weighted by atomic mass is 35.5. The van der Waals surface area contributed by atoms with Gasteiger partial charge in [0, 0.05) is 11.3 Å². The van der Waals surface area contributed by atoms with Crippen LogP contribution in [0.15, 0.2) is 27.6 Å². The van der Waals surface area contributed by atoms with Crippen molar-refractivity contribution in [3.8, 4) is 0 Å². The molecule has 2 N–H and O–H groups in total. The van der Waals surface area contributed by atoms with Gasteiger partial charge in [-0.25, -0.2) is 0 Å². The molecule has 0 saturated heterocycles. The van der Waals surface area contributed by atoms with Crippen molar-refractivity contribution in [2.75, 3.05) is 5.73 Å². The maximum atomic E-state index is 5.95. The summed E-state index contributed by atoms with van der Waals surface area (Å²) in [7, 11) is 0. The SMILES string of the molecule is CCCc1noc(CSc2ccc(N)c(Cl)c2)n1. The molecule has 0 bridgehead atoms. The van der Waals surface area contributed by atoms with Gasteiger partial charge in [-0.05, 0) is 24.6 Å². The van der Waals surface area contributed by atoms with Gasteiger partial charge >= 0.3 is 0 Å². The largest absolute Gasteiger partial charge is 0.398 e. The number of halogens is 1. The summed E-state index contributed by atoms with van der Waals surface area (Å²) < 4.78 is 5.15. The van der Waals surface area contributed by atoms with E-state index in [9.17, 15) is 0 Å². The zero-order valence-electron chi connectivity index (χ0n) is 10.0. The molecule has 4 nitrogen and oxygen atoms in total. The minimum Gasteiger partial charge on any atom is -0.398 e. The maximum absolute atomic E-state index is 5.95. The van der Waals surface area contributed by atoms with Gasteiger partial charge in [0.05, 0.1) is 16.5 Å². The third-order valence-electron chi connectivity index (χ3n) is 2.32. The topological polar surface area (TPSA) is 64.9 Å². The predicted molar refractivity (Wildman–Crippen MR) is 73.7 cm³/mol. The molecule has 6 heteroatoms. The Bertz CT molecular complexity index is 530. The number of nitrogens with zero attached hydrogens (tertiary/aromatic N) is 2. The van der Waals surface area contributed by atoms with E-state index < -0.39 is 0 Å². The molecular weight excluding hydrogens is 270 g/mol. The fourth-order valence-corrected chi connectivity index (χ4v) is 2.43. The third-order valence-corrected chi connectivity index (χ3v) is 3.62. The number of aryl methyl sites for hydroxylation is 1. The molecule has 96 valence electrons. The molecule has 0 radical (unpaired) electrons. The van der Waals surface area contributed by atoms with E-state index in [2.05, 4.69) is 17.1 Å². The molecule has 0 amide bonds. The molecule has 2 rings (SSSR count). The van der Waals surface area contributed by atoms with Crippen LogP contribution in [0.4, 0.5) is 5.69 Å². The molecule has 0 saturated carbocycles. The van der Waals surface area contributed by atoms with Crippen molar-refractivity contribution < 1.29 is 4.52 Å². The standard InChI is InChI=1S/C12H14ClN3OS/c1-2-3-11-15-12(17-16-11)7-18-8-4-5-10(14)9(13)6-8/h4-6H,2-3,7,14H2,1H3. The molecule has 0 fully saturated rings. The predicted octanol–water partition coefficient (Wildman–Crippen LogP) is 3.55. The summed E-state index contributed by atoms with van der Waals surface area (Å²) in [5.74, 6) is 2.04. The van der Waals surface area contributed by atoms with Gasteiger partial charge in [-0.2, -0.15) is 4.98 Å². The highest BCUT2D eigenvalue weighted by Gasteiger charge is 2.06. The summed E-state index contributed by atoms with van der Waals surface area (Å²) in [5.41, 5.74) is 6.24. The Balaban J connectivity index is 1.95. The van der Waals surface area contributed by atoms with Crippen molar-refractivity contribution in [1.82, 2.24) is 10.1 Å². The second-order valence-corrected chi connectivity index (χ2v) is 5.28. The monoisotopic (exact) mass is 283 g/mol. The van der Waals surface area contributed by atoms with Crippen LogP contribution in [0.5, 0.6) is 0 Å². The Morgan fingerprint density at radius 3 is 3.00 bits per heavy atom. The molecule has 0 unspecified atom stereocenters. The number of benzene rings is 1. The second-order valence-electron chi connectivity index (χ2n) is 3.83. The molecule has 2 aromatic rings. The number of thioether (sulfide) groups is 1. The Morgan fingerprint density at radius 2 is 2.28 bits per heavy atom. The summed E-state index contributed by atoms with van der Waals surface area (Å²) in [6.07, 6.45) is 1.86. The fraction of sp³-hybridized carbons (Fsp3) is 0.333. The average Bonchev–Trinajstić information content (AvgIpc) is 2.79. The smallest absolute Gasteiger partial charge is 0.237 e. The van der Waals surface area contributed by atoms with Crippen LogP contribution >= 0.6 is 23.4 Å². The number of hydrogen-bond donors (Lipinski definition) is 1. The summed E-state index contributed by atoms with van der Waals surface area (Å²) in [5, 5.41) is 4.47. The van der Waals surface area contributed by atoms with E-state index in [0.29, 0.717) is 22.4 Å². The molecule has 1 aromatic heterocycles. The van der Waals surface area contributed by atoms with Gasteiger partial charge in [-0.15, -0.1) is 11.8 Å². The van der Waals surface area contributed by atoms with Crippen molar-refractivity contribution in [2.45, 2.75) is 30.4 Å². The van der Waals surface area contributed by atoms with E-state index in [0.717, 1.165) is 23.6 Å². The van der Waals surface area contributed by atoms with Gasteiger partial charge in [-0.3, -0.25) is 0 Å². The molecule has 0 aliphatic heterocycles. The first kappa shape index (κ1) is 13.2. The van der Waals surface area contributed by atoms with Crippen molar-refractivity contribution >= 4 is 29.1 Å². The first-order chi connectivity index (χ1) is 8.69. The lowest BCUT2D eigenvalue weighted by atomic mass is 10.3. The summed E-state index contributed by atoms with van der Waals surface area (Å²) in [4.78, 5) is 5.33. The quantitative estimate of drug-likeness (QED) is 0.671. The Hall–Kier alpha value is -1.20. The summed E-state index contributed by atoms with van der Waals surface area (Å²) in [6, 6.07) is 5.56. The van der Waals surface area contributed by atoms with E-state index >= 15 is 0 Å². The zero-order chi connectivity index (χ0) is 13.0. The second kappa shape index (κ2) is 6.11. The molecule has 1 aromatic carbocycles. The van der Waals surface area contributed by atoms with Gasteiger partial charge in [0.25, 0.3) is 0 Å². The van der Waals surface area contributed by atoms with Crippen molar-refractivity contribution in [3.05, 3.63) is 34.9 Å². The number of anilines is 1. The lowest BCUT2D eigenvalue weighted by Gasteiger charge is -2.01. The van der Waals surface area contributed by atoms with Crippen LogP contribution in [-0.4, -0.2) is 10.1 Å². The van der Waals surface area contributed by atoms with Gasteiger partial charge in [-0.1, -0.05) is 23.7 Å². The number of nitrogen functional groups attached to an aromatic ring is 1. The number of hydrogen-bond acceptors (Lipinski definition) is 5. The van der Waals surface area contributed by atoms with E-state index in [1.165, 1.54) is 0 Å². The van der Waals surface area contributed by atoms with Gasteiger partial charge in [0.15, 0.2) is 5.82 Å². The fourth-order valence-electron chi connectivity index (χ4n) is 1.42. The summed E-state index contributed by atoms with van der Waals surface area (Å²) >= 11 is 7.54. The van der Waals surface area contributed by atoms with Crippen molar-refractivity contribution in [3.63, 3.8) is 0 Å². The Labute approximate surface area is 115 Å². The molecular formula is C12H14ClN3OS. The number of rotatable bonds is 5. The van der Waals surface area contributed by atoms with E-state index in [4.69, 9.17) is 21.9 Å². The van der Waals surface area contributed by atoms with Crippen LogP contribution in [0.3, 0.4) is 0 Å². The molecule has 18 heavy (non-hydrogen) atoms. The minimum atomic E-state index is 0.567. The van der Waals surface area contributed by atoms with Gasteiger partial charge in [0.1, 0.15) is 0 Å². The third kappa shape index (κ3) is 3.40. The van der Waals surface area contributed by atoms with Gasteiger partial charge < -0.3 is 10.3 Å². The van der Waals surface area contributed by atoms with Crippen LogP contribution in [0.25, 0.3) is 0 Å². The van der Waals surface area contributed by atoms with E-state index in [-0.39, 0.29) is 0 Å². The molecule has 0 spiro atoms. The lowest BCUT2D eigenvalue weighted by molar-refractivity contribution is 0.384. The first-order valence-electron chi connectivity index (χ1n) is 5.68. The average molecular weight is 284 g/mol. The number of aromatic nitrogens is 2. The molecule has 0 aliphatic carbocycles. The highest BCUT2D eigenvalue weighted by molar-refractivity contribution is 7.98. The maximum Gasteiger partial charge on any atom is 0.237 e. The van der Waals surface area contributed by atoms with E-state index in [1.807, 2.05) is 12.1 Å². The zero-order valence-corrected chi connectivity index (χ0v) is 11.6. The van der Waals surface area contributed by atoms with Crippen LogP contribution in [0.1, 0.15) is 25.1 Å². The molecule has 1 heterocycles. The number of nitrogens with two attached hydrogens (primary N) is 1. The molecule has 0 atom stereocenters. The highest BCUT2D eigenvalue weighted by Crippen LogP contribution is 2.28. The normalized spacial score (nSPS) is 10.8. The van der Waals surface area contributed by atoms with Crippen molar-refractivity contribution in [2.24, 2.45) is 0 Å². The molecule has 0 aliphatic rings.